The van der Waals surface area contributed by atoms with Gasteiger partial charge in [-0.05, 0) is 99.2 Å². The van der Waals surface area contributed by atoms with E-state index in [1.54, 1.807) is 55.5 Å². The summed E-state index contributed by atoms with van der Waals surface area (Å²) in [6.07, 6.45) is 7.03. The van der Waals surface area contributed by atoms with Crippen molar-refractivity contribution < 1.29 is 22.7 Å². The molecule has 8 nitrogen and oxygen atoms in total. The molecule has 3 aromatic rings. The van der Waals surface area contributed by atoms with E-state index >= 15 is 0 Å². The number of carbonyl (C=O) groups excluding carboxylic acids is 2. The molecule has 0 aliphatic heterocycles. The Hall–Kier alpha value is -3.02. The predicted molar refractivity (Wildman–Crippen MR) is 180 cm³/mol. The first kappa shape index (κ1) is 33.9. The van der Waals surface area contributed by atoms with E-state index in [1.807, 2.05) is 37.4 Å². The van der Waals surface area contributed by atoms with Crippen molar-refractivity contribution in [3.63, 3.8) is 0 Å². The van der Waals surface area contributed by atoms with Crippen LogP contribution in [0.25, 0.3) is 0 Å². The van der Waals surface area contributed by atoms with Crippen LogP contribution in [0.15, 0.2) is 87.1 Å². The van der Waals surface area contributed by atoms with Crippen molar-refractivity contribution in [1.82, 2.24) is 10.2 Å². The molecule has 2 amide bonds. The maximum Gasteiger partial charge on any atom is 0.264 e. The van der Waals surface area contributed by atoms with Crippen molar-refractivity contribution in [2.24, 2.45) is 0 Å². The number of benzene rings is 3. The van der Waals surface area contributed by atoms with Crippen LogP contribution in [0.4, 0.5) is 5.69 Å². The lowest BCUT2D eigenvalue weighted by Crippen LogP contribution is -2.53. The Morgan fingerprint density at radius 2 is 1.70 bits per heavy atom. The topological polar surface area (TPSA) is 96.0 Å². The highest BCUT2D eigenvalue weighted by Crippen LogP contribution is 2.28. The monoisotopic (exact) mass is 701 g/mol. The highest BCUT2D eigenvalue weighted by atomic mass is 79.9. The Bertz CT molecular complexity index is 1510. The standard InChI is InChI=1S/C33H40BrN3O5S2/c1-4-42-29-15-13-28(14-16-29)37(44(40,41)31-19-17-30(43-3)18-20-31)23-32(38)36(22-25-9-8-10-26(34)21-25)24(2)33(39)35-27-11-6-5-7-12-27/h8-10,13-21,24,27H,4-7,11-12,22-23H2,1-3H3,(H,35,39). The van der Waals surface area contributed by atoms with Crippen LogP contribution >= 0.6 is 27.7 Å². The number of anilines is 1. The van der Waals surface area contributed by atoms with Crippen LogP contribution < -0.4 is 14.4 Å². The smallest absolute Gasteiger partial charge is 0.264 e. The molecule has 4 rings (SSSR count). The molecule has 0 bridgehead atoms. The third kappa shape index (κ3) is 8.79. The molecule has 1 aliphatic carbocycles. The molecule has 1 N–H and O–H groups in total. The van der Waals surface area contributed by atoms with E-state index in [0.717, 1.165) is 51.3 Å². The number of amides is 2. The molecule has 11 heteroatoms. The summed E-state index contributed by atoms with van der Waals surface area (Å²) >= 11 is 5.00. The van der Waals surface area contributed by atoms with Gasteiger partial charge in [0.05, 0.1) is 17.2 Å². The second-order valence-electron chi connectivity index (χ2n) is 10.8. The van der Waals surface area contributed by atoms with Crippen molar-refractivity contribution >= 4 is 55.2 Å². The third-order valence-corrected chi connectivity index (χ3v) is 10.7. The van der Waals surface area contributed by atoms with Crippen LogP contribution in [-0.4, -0.2) is 56.6 Å². The molecular weight excluding hydrogens is 662 g/mol. The quantitative estimate of drug-likeness (QED) is 0.201. The molecule has 1 saturated carbocycles. The van der Waals surface area contributed by atoms with Gasteiger partial charge in [-0.3, -0.25) is 13.9 Å². The first-order valence-electron chi connectivity index (χ1n) is 14.9. The molecule has 1 aliphatic rings. The number of hydrogen-bond donors (Lipinski definition) is 1. The largest absolute Gasteiger partial charge is 0.494 e. The van der Waals surface area contributed by atoms with Crippen molar-refractivity contribution in [3.05, 3.63) is 82.8 Å². The summed E-state index contributed by atoms with van der Waals surface area (Å²) in [5.41, 5.74) is 1.13. The highest BCUT2D eigenvalue weighted by Gasteiger charge is 2.33. The first-order valence-corrected chi connectivity index (χ1v) is 18.3. The summed E-state index contributed by atoms with van der Waals surface area (Å²) in [6.45, 7) is 3.68. The number of nitrogens with zero attached hydrogens (tertiary/aromatic N) is 2. The molecule has 0 aromatic heterocycles. The minimum absolute atomic E-state index is 0.0682. The molecule has 1 unspecified atom stereocenters. The van der Waals surface area contributed by atoms with Crippen LogP contribution in [0.3, 0.4) is 0 Å². The van der Waals surface area contributed by atoms with Gasteiger partial charge in [0.25, 0.3) is 10.0 Å². The van der Waals surface area contributed by atoms with Crippen LogP contribution in [0.2, 0.25) is 0 Å². The lowest BCUT2D eigenvalue weighted by atomic mass is 9.95. The van der Waals surface area contributed by atoms with Crippen molar-refractivity contribution in [2.75, 3.05) is 23.7 Å². The Balaban J connectivity index is 1.68. The Morgan fingerprint density at radius 1 is 1.02 bits per heavy atom. The fourth-order valence-electron chi connectivity index (χ4n) is 5.26. The highest BCUT2D eigenvalue weighted by molar-refractivity contribution is 9.10. The number of thioether (sulfide) groups is 1. The maximum atomic E-state index is 14.2. The average molecular weight is 703 g/mol. The molecule has 1 atom stereocenters. The molecule has 3 aromatic carbocycles. The molecule has 0 heterocycles. The lowest BCUT2D eigenvalue weighted by molar-refractivity contribution is -0.139. The third-order valence-electron chi connectivity index (χ3n) is 7.72. The van der Waals surface area contributed by atoms with Gasteiger partial charge in [0.15, 0.2) is 0 Å². The van der Waals surface area contributed by atoms with E-state index in [-0.39, 0.29) is 23.4 Å². The average Bonchev–Trinajstić information content (AvgIpc) is 3.03. The van der Waals surface area contributed by atoms with Crippen LogP contribution in [0, 0.1) is 0 Å². The Labute approximate surface area is 273 Å². The number of carbonyl (C=O) groups is 2. The zero-order chi connectivity index (χ0) is 31.7. The van der Waals surface area contributed by atoms with E-state index in [4.69, 9.17) is 4.74 Å². The van der Waals surface area contributed by atoms with Crippen molar-refractivity contribution in [3.8, 4) is 5.75 Å². The molecule has 1 fully saturated rings. The number of nitrogens with one attached hydrogen (secondary N) is 1. The zero-order valence-corrected chi connectivity index (χ0v) is 28.6. The first-order chi connectivity index (χ1) is 21.1. The fourth-order valence-corrected chi connectivity index (χ4v) is 7.53. The lowest BCUT2D eigenvalue weighted by Gasteiger charge is -2.33. The normalized spacial score (nSPS) is 14.5. The van der Waals surface area contributed by atoms with Gasteiger partial charge in [-0.2, -0.15) is 0 Å². The summed E-state index contributed by atoms with van der Waals surface area (Å²) in [7, 11) is -4.15. The van der Waals surface area contributed by atoms with Gasteiger partial charge in [0.1, 0.15) is 18.3 Å². The summed E-state index contributed by atoms with van der Waals surface area (Å²) < 4.78 is 35.7. The van der Waals surface area contributed by atoms with E-state index in [0.29, 0.717) is 18.0 Å². The fraction of sp³-hybridized carbons (Fsp3) is 0.394. The van der Waals surface area contributed by atoms with Gasteiger partial charge >= 0.3 is 0 Å². The van der Waals surface area contributed by atoms with E-state index in [9.17, 15) is 18.0 Å². The molecular formula is C33H40BrN3O5S2. The second-order valence-corrected chi connectivity index (χ2v) is 14.4. The van der Waals surface area contributed by atoms with E-state index in [1.165, 1.54) is 16.7 Å². The van der Waals surface area contributed by atoms with Gasteiger partial charge in [-0.15, -0.1) is 11.8 Å². The summed E-state index contributed by atoms with van der Waals surface area (Å²) in [6, 6.07) is 20.0. The number of sulfonamides is 1. The number of rotatable bonds is 13. The molecule has 236 valence electrons. The zero-order valence-electron chi connectivity index (χ0n) is 25.4. The van der Waals surface area contributed by atoms with Crippen LogP contribution in [0.5, 0.6) is 5.75 Å². The van der Waals surface area contributed by atoms with Gasteiger partial charge in [-0.1, -0.05) is 47.3 Å². The summed E-state index contributed by atoms with van der Waals surface area (Å²) in [4.78, 5) is 30.1. The molecule has 0 spiro atoms. The predicted octanol–water partition coefficient (Wildman–Crippen LogP) is 6.63. The van der Waals surface area contributed by atoms with Crippen LogP contribution in [0.1, 0.15) is 51.5 Å². The maximum absolute atomic E-state index is 14.2. The summed E-state index contributed by atoms with van der Waals surface area (Å²) in [5, 5.41) is 3.13. The van der Waals surface area contributed by atoms with Crippen LogP contribution in [-0.2, 0) is 26.2 Å². The SMILES string of the molecule is CCOc1ccc(N(CC(=O)N(Cc2cccc(Br)c2)C(C)C(=O)NC2CCCCC2)S(=O)(=O)c2ccc(SC)cc2)cc1. The second kappa shape index (κ2) is 15.8. The van der Waals surface area contributed by atoms with Crippen molar-refractivity contribution in [1.29, 1.82) is 0 Å². The minimum atomic E-state index is -4.15. The molecule has 44 heavy (non-hydrogen) atoms. The summed E-state index contributed by atoms with van der Waals surface area (Å²) in [5.74, 6) is -0.147. The Kier molecular flexibility index (Phi) is 12.2. The van der Waals surface area contributed by atoms with Gasteiger partial charge in [0.2, 0.25) is 11.8 Å². The number of ether oxygens (including phenoxy) is 1. The van der Waals surface area contributed by atoms with E-state index in [2.05, 4.69) is 21.2 Å². The van der Waals surface area contributed by atoms with Gasteiger partial charge in [-0.25, -0.2) is 8.42 Å². The molecule has 0 radical (unpaired) electrons. The van der Waals surface area contributed by atoms with Gasteiger partial charge < -0.3 is 15.0 Å². The minimum Gasteiger partial charge on any atom is -0.494 e. The number of hydrogen-bond acceptors (Lipinski definition) is 6. The van der Waals surface area contributed by atoms with E-state index < -0.39 is 28.5 Å². The number of halogens is 1. The van der Waals surface area contributed by atoms with Gasteiger partial charge in [0, 0.05) is 22.0 Å². The molecule has 0 saturated heterocycles. The van der Waals surface area contributed by atoms with Crippen molar-refractivity contribution in [2.45, 2.75) is 74.4 Å². The Morgan fingerprint density at radius 3 is 2.32 bits per heavy atom.